The van der Waals surface area contributed by atoms with Crippen molar-refractivity contribution in [1.82, 2.24) is 9.96 Å². The highest BCUT2D eigenvalue weighted by Crippen LogP contribution is 2.64. The predicted molar refractivity (Wildman–Crippen MR) is 120 cm³/mol. The van der Waals surface area contributed by atoms with Crippen LogP contribution in [-0.4, -0.2) is 71.6 Å². The number of carbonyl (C=O) groups is 1. The molecule has 1 saturated carbocycles. The van der Waals surface area contributed by atoms with E-state index in [9.17, 15) is 9.90 Å². The minimum atomic E-state index is -0.566. The van der Waals surface area contributed by atoms with Crippen molar-refractivity contribution >= 4 is 5.97 Å². The molecule has 32 heavy (non-hydrogen) atoms. The monoisotopic (exact) mass is 444 g/mol. The number of aromatic hydroxyl groups is 1. The van der Waals surface area contributed by atoms with Crippen molar-refractivity contribution < 1.29 is 24.2 Å². The van der Waals surface area contributed by atoms with Gasteiger partial charge in [0.1, 0.15) is 17.7 Å². The van der Waals surface area contributed by atoms with Gasteiger partial charge >= 0.3 is 5.97 Å². The number of hydrogen-bond acceptors (Lipinski definition) is 7. The number of hydroxylamine groups is 2. The van der Waals surface area contributed by atoms with Crippen molar-refractivity contribution in [2.45, 2.75) is 88.6 Å². The van der Waals surface area contributed by atoms with Gasteiger partial charge in [-0.3, -0.25) is 4.79 Å². The smallest absolute Gasteiger partial charge is 0.326 e. The quantitative estimate of drug-likeness (QED) is 0.565. The molecule has 1 aromatic carbocycles. The van der Waals surface area contributed by atoms with E-state index in [1.165, 1.54) is 11.1 Å². The summed E-state index contributed by atoms with van der Waals surface area (Å²) in [5.41, 5.74) is 1.78. The van der Waals surface area contributed by atoms with Crippen LogP contribution in [0.2, 0.25) is 0 Å². The number of likely N-dealkylation sites (N-methyl/N-ethyl adjacent to an activating group) is 1. The topological polar surface area (TPSA) is 71.5 Å². The number of hydrogen-bond donors (Lipinski definition) is 1. The Hall–Kier alpha value is -1.83. The van der Waals surface area contributed by atoms with E-state index in [1.807, 2.05) is 27.7 Å². The number of esters is 1. The van der Waals surface area contributed by atoms with Gasteiger partial charge in [0.2, 0.25) is 0 Å². The van der Waals surface area contributed by atoms with Crippen LogP contribution in [0.15, 0.2) is 12.1 Å². The first kappa shape index (κ1) is 22.0. The van der Waals surface area contributed by atoms with Gasteiger partial charge in [-0.05, 0) is 84.5 Å². The highest BCUT2D eigenvalue weighted by Gasteiger charge is 2.66. The maximum Gasteiger partial charge on any atom is 0.326 e. The molecule has 4 aliphatic rings. The highest BCUT2D eigenvalue weighted by molar-refractivity contribution is 5.75. The molecular formula is C25H36N2O5. The summed E-state index contributed by atoms with van der Waals surface area (Å²) in [6, 6.07) is 3.64. The summed E-state index contributed by atoms with van der Waals surface area (Å²) >= 11 is 0. The molecule has 5 rings (SSSR count). The van der Waals surface area contributed by atoms with Crippen molar-refractivity contribution in [2.24, 2.45) is 5.92 Å². The lowest BCUT2D eigenvalue weighted by molar-refractivity contribution is -0.234. The minimum Gasteiger partial charge on any atom is -0.504 e. The molecule has 2 aliphatic carbocycles. The Balaban J connectivity index is 1.55. The van der Waals surface area contributed by atoms with Gasteiger partial charge in [0, 0.05) is 17.0 Å². The number of phenolic OH excluding ortho intramolecular Hbond substituents is 1. The van der Waals surface area contributed by atoms with E-state index in [0.29, 0.717) is 17.7 Å². The summed E-state index contributed by atoms with van der Waals surface area (Å²) < 4.78 is 12.3. The van der Waals surface area contributed by atoms with Gasteiger partial charge in [0.25, 0.3) is 0 Å². The molecule has 7 heteroatoms. The normalized spacial score (nSPS) is 34.1. The van der Waals surface area contributed by atoms with E-state index < -0.39 is 11.6 Å². The molecule has 2 fully saturated rings. The molecule has 7 nitrogen and oxygen atoms in total. The first-order valence-electron chi connectivity index (χ1n) is 11.9. The number of rotatable bonds is 4. The SMILES string of the molecule is CON([C@@H]1CC[C@H]2[C@H]3Cc4ccc(O)c5c4[C@@]2(CCN3C)[C@H]1O5)[C@@H](C)C(=O)OC(C)(C)C. The molecule has 2 heterocycles. The maximum atomic E-state index is 12.9. The number of phenols is 1. The Morgan fingerprint density at radius 2 is 2.09 bits per heavy atom. The van der Waals surface area contributed by atoms with Gasteiger partial charge in [-0.2, -0.15) is 5.06 Å². The number of nitrogens with zero attached hydrogens (tertiary/aromatic N) is 2. The zero-order valence-corrected chi connectivity index (χ0v) is 20.1. The molecule has 1 N–H and O–H groups in total. The molecule has 0 amide bonds. The third-order valence-electron chi connectivity index (χ3n) is 8.23. The lowest BCUT2D eigenvalue weighted by Crippen LogP contribution is -2.69. The summed E-state index contributed by atoms with van der Waals surface area (Å²) in [5.74, 6) is 1.02. The summed E-state index contributed by atoms with van der Waals surface area (Å²) in [6.07, 6.45) is 3.70. The van der Waals surface area contributed by atoms with Crippen molar-refractivity contribution in [1.29, 1.82) is 0 Å². The third kappa shape index (κ3) is 3.01. The molecule has 2 bridgehead atoms. The Kier molecular flexibility index (Phi) is 5.04. The van der Waals surface area contributed by atoms with E-state index in [4.69, 9.17) is 14.3 Å². The fourth-order valence-electron chi connectivity index (χ4n) is 7.04. The Morgan fingerprint density at radius 1 is 1.34 bits per heavy atom. The van der Waals surface area contributed by atoms with Crippen LogP contribution in [0.4, 0.5) is 0 Å². The second kappa shape index (κ2) is 7.34. The zero-order chi connectivity index (χ0) is 23.0. The number of likely N-dealkylation sites (tertiary alicyclic amines) is 1. The van der Waals surface area contributed by atoms with Crippen LogP contribution in [0.5, 0.6) is 11.5 Å². The first-order chi connectivity index (χ1) is 15.1. The van der Waals surface area contributed by atoms with Gasteiger partial charge in [0.05, 0.1) is 13.2 Å². The summed E-state index contributed by atoms with van der Waals surface area (Å²) in [6.45, 7) is 8.46. The average Bonchev–Trinajstić information content (AvgIpc) is 3.07. The lowest BCUT2D eigenvalue weighted by atomic mass is 9.51. The fraction of sp³-hybridized carbons (Fsp3) is 0.720. The van der Waals surface area contributed by atoms with Crippen LogP contribution in [0.1, 0.15) is 58.1 Å². The number of carbonyl (C=O) groups excluding carboxylic acids is 1. The summed E-state index contributed by atoms with van der Waals surface area (Å²) in [5, 5.41) is 12.5. The molecule has 1 saturated heterocycles. The standard InChI is InChI=1S/C25H36N2O5/c1-14(23(29)32-24(2,3)4)27(30-6)17-9-8-16-18-13-15-7-10-19(28)21-20(15)25(16,22(17)31-21)11-12-26(18)5/h7,10,14,16-18,22,28H,8-9,11-13H2,1-6H3/t14-,16-,17+,18+,22-,25-/m0/s1. The summed E-state index contributed by atoms with van der Waals surface area (Å²) in [7, 11) is 3.85. The molecule has 1 spiro atoms. The Labute approximate surface area is 190 Å². The average molecular weight is 445 g/mol. The van der Waals surface area contributed by atoms with Gasteiger partial charge in [-0.25, -0.2) is 0 Å². The van der Waals surface area contributed by atoms with Crippen LogP contribution in [-0.2, 0) is 26.2 Å². The Bertz CT molecular complexity index is 928. The summed E-state index contributed by atoms with van der Waals surface area (Å²) in [4.78, 5) is 21.3. The van der Waals surface area contributed by atoms with Crippen molar-refractivity contribution in [3.8, 4) is 11.5 Å². The van der Waals surface area contributed by atoms with Crippen molar-refractivity contribution in [2.75, 3.05) is 20.7 Å². The van der Waals surface area contributed by atoms with E-state index >= 15 is 0 Å². The van der Waals surface area contributed by atoms with Crippen molar-refractivity contribution in [3.63, 3.8) is 0 Å². The minimum absolute atomic E-state index is 0.111. The van der Waals surface area contributed by atoms with Gasteiger partial charge in [0.15, 0.2) is 11.5 Å². The van der Waals surface area contributed by atoms with Crippen LogP contribution >= 0.6 is 0 Å². The van der Waals surface area contributed by atoms with E-state index in [1.54, 1.807) is 18.2 Å². The molecule has 2 aliphatic heterocycles. The maximum absolute atomic E-state index is 12.9. The second-order valence-electron chi connectivity index (χ2n) is 11.0. The molecule has 0 radical (unpaired) electrons. The molecule has 0 aromatic heterocycles. The van der Waals surface area contributed by atoms with Crippen LogP contribution in [0.25, 0.3) is 0 Å². The molecular weight excluding hydrogens is 408 g/mol. The largest absolute Gasteiger partial charge is 0.504 e. The second-order valence-corrected chi connectivity index (χ2v) is 11.0. The molecule has 0 unspecified atom stereocenters. The lowest BCUT2D eigenvalue weighted by Gasteiger charge is -2.60. The van der Waals surface area contributed by atoms with E-state index in [2.05, 4.69) is 18.0 Å². The molecule has 176 valence electrons. The number of benzene rings is 1. The molecule has 6 atom stereocenters. The van der Waals surface area contributed by atoms with Crippen molar-refractivity contribution in [3.05, 3.63) is 23.3 Å². The van der Waals surface area contributed by atoms with Crippen LogP contribution < -0.4 is 4.74 Å². The third-order valence-corrected chi connectivity index (χ3v) is 8.23. The highest BCUT2D eigenvalue weighted by atomic mass is 16.7. The number of ether oxygens (including phenoxy) is 2. The first-order valence-corrected chi connectivity index (χ1v) is 11.9. The van der Waals surface area contributed by atoms with Crippen LogP contribution in [0, 0.1) is 5.92 Å². The van der Waals surface area contributed by atoms with Gasteiger partial charge < -0.3 is 24.3 Å². The zero-order valence-electron chi connectivity index (χ0n) is 20.1. The van der Waals surface area contributed by atoms with Gasteiger partial charge in [-0.1, -0.05) is 6.07 Å². The fourth-order valence-corrected chi connectivity index (χ4v) is 7.04. The Morgan fingerprint density at radius 3 is 2.78 bits per heavy atom. The van der Waals surface area contributed by atoms with Crippen LogP contribution in [0.3, 0.4) is 0 Å². The number of piperidine rings is 1. The van der Waals surface area contributed by atoms with E-state index in [0.717, 1.165) is 32.2 Å². The predicted octanol–water partition coefficient (Wildman–Crippen LogP) is 3.02. The molecule has 1 aromatic rings. The van der Waals surface area contributed by atoms with Gasteiger partial charge in [-0.15, -0.1) is 0 Å². The van der Waals surface area contributed by atoms with E-state index in [-0.39, 0.29) is 29.3 Å².